The molecule has 14 aromatic carbocycles. The molecule has 14 aromatic rings. The number of carbonyl (C=O) groups is 1. The van der Waals surface area contributed by atoms with E-state index in [4.69, 9.17) is 6.42 Å². The molecule has 136 heavy (non-hydrogen) atoms. The minimum Gasteiger partial charge on any atom is -0.369 e. The van der Waals surface area contributed by atoms with Crippen LogP contribution in [0, 0.1) is 24.2 Å². The smallest absolute Gasteiger partial charge is 0.193 e. The molecule has 14 rings (SSSR count). The van der Waals surface area contributed by atoms with E-state index in [1.165, 1.54) is 144 Å². The van der Waals surface area contributed by atoms with E-state index in [1.54, 1.807) is 0 Å². The van der Waals surface area contributed by atoms with E-state index in [1.807, 2.05) is 72.8 Å². The highest BCUT2D eigenvalue weighted by molar-refractivity contribution is 6.34. The lowest BCUT2D eigenvalue weighted by molar-refractivity contribution is 0.103. The van der Waals surface area contributed by atoms with Gasteiger partial charge in [-0.1, -0.05) is 525 Å². The highest BCUT2D eigenvalue weighted by atomic mass is 16.3. The van der Waals surface area contributed by atoms with Crippen molar-refractivity contribution in [2.24, 2.45) is 0 Å². The molecule has 0 aliphatic rings. The van der Waals surface area contributed by atoms with Gasteiger partial charge in [0.2, 0.25) is 0 Å². The molecule has 0 saturated carbocycles. The largest absolute Gasteiger partial charge is 0.369 e. The van der Waals surface area contributed by atoms with Crippen LogP contribution in [0.25, 0.3) is 76.8 Å². The molecule has 0 saturated heterocycles. The third-order valence-electron chi connectivity index (χ3n) is 26.7. The van der Waals surface area contributed by atoms with E-state index >= 15 is 0 Å². The van der Waals surface area contributed by atoms with Gasteiger partial charge in [0.1, 0.15) is 0 Å². The van der Waals surface area contributed by atoms with Crippen molar-refractivity contribution in [2.45, 2.75) is 335 Å². The monoisotopic (exact) mass is 1810 g/mol. The van der Waals surface area contributed by atoms with Crippen molar-refractivity contribution in [2.75, 3.05) is 0 Å². The van der Waals surface area contributed by atoms with Gasteiger partial charge in [-0.25, -0.2) is 0 Å². The summed E-state index contributed by atoms with van der Waals surface area (Å²) < 4.78 is 0. The van der Waals surface area contributed by atoms with Crippen molar-refractivity contribution in [1.29, 1.82) is 0 Å². The molecule has 0 atom stereocenters. The van der Waals surface area contributed by atoms with Crippen LogP contribution in [0.4, 0.5) is 0 Å². The molecular formula is C134H164O2. The highest BCUT2D eigenvalue weighted by Gasteiger charge is 2.34. The number of hydrogen-bond acceptors (Lipinski definition) is 2. The molecule has 0 spiro atoms. The van der Waals surface area contributed by atoms with E-state index < -0.39 is 5.60 Å². The Kier molecular flexibility index (Phi) is 32.1. The van der Waals surface area contributed by atoms with Crippen molar-refractivity contribution in [3.63, 3.8) is 0 Å². The summed E-state index contributed by atoms with van der Waals surface area (Å²) in [5.41, 5.74) is 29.8. The Bertz CT molecular complexity index is 6240. The number of ketones is 1. The lowest BCUT2D eigenvalue weighted by atomic mass is 9.74. The van der Waals surface area contributed by atoms with Gasteiger partial charge in [0.15, 0.2) is 11.4 Å². The van der Waals surface area contributed by atoms with Crippen molar-refractivity contribution in [1.82, 2.24) is 0 Å². The van der Waals surface area contributed by atoms with Crippen molar-refractivity contribution in [3.8, 4) is 68.7 Å². The molecule has 0 aliphatic heterocycles. The van der Waals surface area contributed by atoms with Crippen molar-refractivity contribution in [3.05, 3.63) is 379 Å². The summed E-state index contributed by atoms with van der Waals surface area (Å²) in [5.74, 6) is 9.17. The van der Waals surface area contributed by atoms with Gasteiger partial charge < -0.3 is 5.11 Å². The molecule has 0 amide bonds. The number of benzene rings is 14. The number of fused-ring (bicyclic) bond motifs is 3. The maximum Gasteiger partial charge on any atom is 0.193 e. The first-order chi connectivity index (χ1) is 61.8. The van der Waals surface area contributed by atoms with Crippen LogP contribution in [0.15, 0.2) is 279 Å². The molecule has 0 unspecified atom stereocenters. The number of rotatable bonds is 8. The van der Waals surface area contributed by atoms with E-state index in [9.17, 15) is 9.90 Å². The van der Waals surface area contributed by atoms with Crippen LogP contribution in [-0.2, 0) is 70.6 Å². The predicted molar refractivity (Wildman–Crippen MR) is 598 cm³/mol. The zero-order valence-corrected chi connectivity index (χ0v) is 88.5. The summed E-state index contributed by atoms with van der Waals surface area (Å²) in [5, 5.41) is 19.8. The molecule has 0 aromatic heterocycles. The third-order valence-corrected chi connectivity index (χ3v) is 26.7. The first-order valence-electron chi connectivity index (χ1n) is 48.7. The van der Waals surface area contributed by atoms with Gasteiger partial charge >= 0.3 is 0 Å². The summed E-state index contributed by atoms with van der Waals surface area (Å²) in [6, 6.07) is 102. The van der Waals surface area contributed by atoms with E-state index in [2.05, 4.69) is 473 Å². The molecule has 712 valence electrons. The SMILES string of the molecule is C.C.C#Cc1ccc(C(C)(C)C)cc1.CC(C)(C)c1ccc(-c2c3ccc(C(C)(C)C)cc3c(-c3ccc(C(C)(C)C)cc3)c3c(-c4ccc(C(C)(C)C)cc4)c4ccc(C(C)(C)C)cc4c(-c4ccc(C(C)(C)C)cc4)c23)cc1.CC(C)(C)c1ccc(C#CC(O)(c2ccc(C(C)(C)C)cc2)c2ccc(C(C)(C)C)cc2)cc1.CC(C)(C)c1ccc(C(=O)c2ccc(C(C)(C)C)cc2)cc1. The first kappa shape index (κ1) is 108. The van der Waals surface area contributed by atoms with Crippen LogP contribution in [0.2, 0.25) is 0 Å². The first-order valence-corrected chi connectivity index (χ1v) is 48.7. The Balaban J connectivity index is 0.000000244. The maximum atomic E-state index is 12.6. The number of terminal acetylenes is 1. The van der Waals surface area contributed by atoms with Gasteiger partial charge in [0.25, 0.3) is 0 Å². The quantitative estimate of drug-likeness (QED) is 0.0935. The average molecular weight is 1810 g/mol. The number of carbonyl (C=O) groups excluding carboxylic acids is 1. The summed E-state index contributed by atoms with van der Waals surface area (Å²) in [6.45, 7) is 81.3. The minimum absolute atomic E-state index is 0. The second kappa shape index (κ2) is 40.3. The van der Waals surface area contributed by atoms with Gasteiger partial charge in [0, 0.05) is 33.4 Å². The predicted octanol–water partition coefficient (Wildman–Crippen LogP) is 37.2. The van der Waals surface area contributed by atoms with E-state index in [0.717, 1.165) is 33.4 Å². The highest BCUT2D eigenvalue weighted by Crippen LogP contribution is 2.56. The third kappa shape index (κ3) is 25.5. The number of aliphatic hydroxyl groups is 1. The topological polar surface area (TPSA) is 37.3 Å². The normalized spacial score (nSPS) is 12.6. The second-order valence-corrected chi connectivity index (χ2v) is 50.0. The molecule has 1 N–H and O–H groups in total. The summed E-state index contributed by atoms with van der Waals surface area (Å²) in [4.78, 5) is 12.6. The molecule has 0 radical (unpaired) electrons. The van der Waals surface area contributed by atoms with Crippen LogP contribution in [-0.4, -0.2) is 10.9 Å². The molecular weight excluding hydrogens is 1640 g/mol. The Morgan fingerprint density at radius 1 is 0.213 bits per heavy atom. The summed E-state index contributed by atoms with van der Waals surface area (Å²) in [6.07, 6.45) is 5.26. The Hall–Kier alpha value is -11.4. The van der Waals surface area contributed by atoms with Gasteiger partial charge in [-0.05, 0) is 245 Å². The van der Waals surface area contributed by atoms with Gasteiger partial charge in [-0.15, -0.1) is 6.42 Å². The molecule has 0 fully saturated rings. The Morgan fingerprint density at radius 3 is 0.588 bits per heavy atom. The van der Waals surface area contributed by atoms with Crippen LogP contribution < -0.4 is 0 Å². The van der Waals surface area contributed by atoms with E-state index in [0.29, 0.717) is 0 Å². The molecule has 2 nitrogen and oxygen atoms in total. The Labute approximate surface area is 824 Å². The fraction of sp³-hybridized carbons (Fsp3) is 0.381. The van der Waals surface area contributed by atoms with Crippen molar-refractivity contribution < 1.29 is 9.90 Å². The maximum absolute atomic E-state index is 12.6. The second-order valence-electron chi connectivity index (χ2n) is 50.0. The van der Waals surface area contributed by atoms with Crippen LogP contribution in [0.3, 0.4) is 0 Å². The van der Waals surface area contributed by atoms with Crippen molar-refractivity contribution >= 4 is 38.1 Å². The van der Waals surface area contributed by atoms with E-state index in [-0.39, 0.29) is 85.6 Å². The number of hydrogen-bond donors (Lipinski definition) is 1. The fourth-order valence-corrected chi connectivity index (χ4v) is 17.3. The fourth-order valence-electron chi connectivity index (χ4n) is 17.3. The molecule has 0 heterocycles. The van der Waals surface area contributed by atoms with Crippen LogP contribution in [0.1, 0.15) is 369 Å². The van der Waals surface area contributed by atoms with Gasteiger partial charge in [0.05, 0.1) is 0 Å². The zero-order chi connectivity index (χ0) is 99.2. The van der Waals surface area contributed by atoms with Gasteiger partial charge in [-0.2, -0.15) is 0 Å². The Morgan fingerprint density at radius 2 is 0.382 bits per heavy atom. The molecule has 2 heteroatoms. The summed E-state index contributed by atoms with van der Waals surface area (Å²) >= 11 is 0. The minimum atomic E-state index is -1.41. The summed E-state index contributed by atoms with van der Waals surface area (Å²) in [7, 11) is 0. The molecule has 0 aliphatic carbocycles. The lowest BCUT2D eigenvalue weighted by Crippen LogP contribution is -2.26. The van der Waals surface area contributed by atoms with Crippen LogP contribution in [0.5, 0.6) is 0 Å². The standard InChI is InChI=1S/C66H76.C33H40O.C21H26O.C12H14.2CH4/c1-61(2,3)45-27-19-41(20-28-45)55-51-37-35-49(65(13,14)15)39-53(51)58(44-25-33-48(34-26-44)64(10,11)12)60-56(42-21-29-46(30-22-42)62(4,5)6)52-38-36-50(66(16,17)18)40-54(52)57(59(55)60)43-23-31-47(32-24-43)63(7,8)9;1-30(2,3)25-12-10-24(11-13-25)22-23-33(34,28-18-14-26(15-19-28)31(4,5)6)29-20-16-27(17-21-29)32(7,8)9;1-20(2,3)17-11-7-15(8-12-17)19(22)16-9-13-18(14-10-16)21(4,5)6;1-5-10-6-8-11(9-7-10)12(2,3)4;;/h19-40H,1-18H3;10-21,34H,1-9H3;7-14H,1-6H3;1,6-9H,2-4H3;2*1H4. The zero-order valence-electron chi connectivity index (χ0n) is 88.5. The van der Waals surface area contributed by atoms with Crippen LogP contribution >= 0.6 is 0 Å². The lowest BCUT2D eigenvalue weighted by Gasteiger charge is -2.29. The van der Waals surface area contributed by atoms with Gasteiger partial charge in [-0.3, -0.25) is 4.79 Å². The average Bonchev–Trinajstić information content (AvgIpc) is 0.690. The molecule has 0 bridgehead atoms.